The first kappa shape index (κ1) is 6.54. The van der Waals surface area contributed by atoms with Gasteiger partial charge < -0.3 is 0 Å². The van der Waals surface area contributed by atoms with Crippen molar-refractivity contribution in [1.29, 1.82) is 5.53 Å². The van der Waals surface area contributed by atoms with Crippen molar-refractivity contribution in [3.8, 4) is 0 Å². The van der Waals surface area contributed by atoms with E-state index in [1.165, 1.54) is 12.1 Å². The third kappa shape index (κ3) is 1.22. The number of nitrogens with one attached hydrogen (secondary N) is 1. The lowest BCUT2D eigenvalue weighted by molar-refractivity contribution is 1.15. The lowest BCUT2D eigenvalue weighted by Crippen LogP contribution is -1.61. The van der Waals surface area contributed by atoms with E-state index in [9.17, 15) is 4.91 Å². The van der Waals surface area contributed by atoms with E-state index in [1.54, 1.807) is 12.1 Å². The van der Waals surface area contributed by atoms with Gasteiger partial charge in [0.2, 0.25) is 0 Å². The molecule has 1 N–H and O–H groups in total. The molecule has 0 fully saturated rings. The summed E-state index contributed by atoms with van der Waals surface area (Å²) in [5, 5.41) is 5.85. The predicted octanol–water partition coefficient (Wildman–Crippen LogP) is 2.75. The molecule has 0 aliphatic carbocycles. The number of rotatable bonds is 2. The number of hydrogen-bond donors (Lipinski definition) is 1. The highest BCUT2D eigenvalue weighted by molar-refractivity contribution is 5.46. The Bertz CT molecular complexity index is 215. The fraction of sp³-hybridized carbons (Fsp3) is 0. The summed E-state index contributed by atoms with van der Waals surface area (Å²) in [7, 11) is 0. The molecule has 10 heavy (non-hydrogen) atoms. The van der Waals surface area contributed by atoms with Crippen molar-refractivity contribution >= 4 is 11.4 Å². The van der Waals surface area contributed by atoms with Gasteiger partial charge in [0.15, 0.2) is 0 Å². The Hall–Kier alpha value is -1.58. The van der Waals surface area contributed by atoms with Gasteiger partial charge in [0.25, 0.3) is 0 Å². The molecule has 0 spiro atoms. The van der Waals surface area contributed by atoms with Crippen LogP contribution in [-0.2, 0) is 0 Å². The Balaban J connectivity index is 3.00. The van der Waals surface area contributed by atoms with Gasteiger partial charge in [-0.1, -0.05) is 0 Å². The van der Waals surface area contributed by atoms with E-state index in [4.69, 9.17) is 5.53 Å². The SMILES string of the molecule is N=Nc1ccc(N=O)cc1. The van der Waals surface area contributed by atoms with Crippen LogP contribution < -0.4 is 0 Å². The predicted molar refractivity (Wildman–Crippen MR) is 36.7 cm³/mol. The normalized spacial score (nSPS) is 8.80. The Morgan fingerprint density at radius 2 is 1.60 bits per heavy atom. The molecule has 0 aromatic heterocycles. The van der Waals surface area contributed by atoms with E-state index in [0.29, 0.717) is 11.4 Å². The molecule has 0 heterocycles. The van der Waals surface area contributed by atoms with E-state index in [0.717, 1.165) is 0 Å². The van der Waals surface area contributed by atoms with Crippen LogP contribution in [0.1, 0.15) is 0 Å². The van der Waals surface area contributed by atoms with Gasteiger partial charge in [0, 0.05) is 0 Å². The number of hydrogen-bond acceptors (Lipinski definition) is 4. The third-order valence-electron chi connectivity index (χ3n) is 1.08. The average Bonchev–Trinajstić information content (AvgIpc) is 2.05. The highest BCUT2D eigenvalue weighted by Crippen LogP contribution is 2.17. The van der Waals surface area contributed by atoms with Crippen molar-refractivity contribution in [2.45, 2.75) is 0 Å². The summed E-state index contributed by atoms with van der Waals surface area (Å²) < 4.78 is 0. The van der Waals surface area contributed by atoms with Gasteiger partial charge in [0.1, 0.15) is 5.69 Å². The third-order valence-corrected chi connectivity index (χ3v) is 1.08. The quantitative estimate of drug-likeness (QED) is 0.491. The van der Waals surface area contributed by atoms with E-state index in [2.05, 4.69) is 10.3 Å². The largest absolute Gasteiger partial charge is 0.204 e. The summed E-state index contributed by atoms with van der Waals surface area (Å²) in [5.74, 6) is 0. The first-order valence-corrected chi connectivity index (χ1v) is 2.67. The number of nitrogens with zero attached hydrogens (tertiary/aromatic N) is 2. The second-order valence-electron chi connectivity index (χ2n) is 1.72. The Morgan fingerprint density at radius 3 is 2.00 bits per heavy atom. The van der Waals surface area contributed by atoms with Crippen LogP contribution in [0.15, 0.2) is 34.6 Å². The maximum absolute atomic E-state index is 9.88. The molecule has 0 aliphatic rings. The number of nitroso groups, excluding NO2 is 1. The van der Waals surface area contributed by atoms with Crippen LogP contribution >= 0.6 is 0 Å². The van der Waals surface area contributed by atoms with Crippen molar-refractivity contribution in [1.82, 2.24) is 0 Å². The van der Waals surface area contributed by atoms with Gasteiger partial charge in [-0.3, -0.25) is 0 Å². The standard InChI is InChI=1S/C6H5N3O/c7-8-5-1-3-6(9-10)4-2-5/h1-4,7H. The summed E-state index contributed by atoms with van der Waals surface area (Å²) >= 11 is 0. The molecular formula is C6H5N3O. The smallest absolute Gasteiger partial charge is 0.108 e. The van der Waals surface area contributed by atoms with E-state index in [1.807, 2.05) is 0 Å². The topological polar surface area (TPSA) is 65.6 Å². The minimum Gasteiger partial charge on any atom is -0.204 e. The second kappa shape index (κ2) is 2.82. The molecule has 0 radical (unpaired) electrons. The lowest BCUT2D eigenvalue weighted by atomic mass is 10.3. The monoisotopic (exact) mass is 135 g/mol. The van der Waals surface area contributed by atoms with E-state index in [-0.39, 0.29) is 0 Å². The van der Waals surface area contributed by atoms with Crippen molar-refractivity contribution in [3.63, 3.8) is 0 Å². The van der Waals surface area contributed by atoms with Crippen molar-refractivity contribution in [2.75, 3.05) is 0 Å². The van der Waals surface area contributed by atoms with Crippen LogP contribution in [0.4, 0.5) is 11.4 Å². The van der Waals surface area contributed by atoms with Gasteiger partial charge in [-0.05, 0) is 29.4 Å². The maximum atomic E-state index is 9.88. The van der Waals surface area contributed by atoms with Crippen molar-refractivity contribution < 1.29 is 0 Å². The fourth-order valence-corrected chi connectivity index (χ4v) is 0.588. The van der Waals surface area contributed by atoms with Gasteiger partial charge >= 0.3 is 0 Å². The second-order valence-corrected chi connectivity index (χ2v) is 1.72. The molecule has 4 nitrogen and oxygen atoms in total. The van der Waals surface area contributed by atoms with Crippen LogP contribution in [0.5, 0.6) is 0 Å². The summed E-state index contributed by atoms with van der Waals surface area (Å²) in [6.07, 6.45) is 0. The first-order valence-electron chi connectivity index (χ1n) is 2.67. The molecule has 0 atom stereocenters. The molecule has 0 saturated heterocycles. The molecule has 1 aromatic carbocycles. The molecule has 0 aliphatic heterocycles. The summed E-state index contributed by atoms with van der Waals surface area (Å²) in [4.78, 5) is 9.88. The average molecular weight is 135 g/mol. The fourth-order valence-electron chi connectivity index (χ4n) is 0.588. The zero-order valence-corrected chi connectivity index (χ0v) is 5.11. The zero-order chi connectivity index (χ0) is 7.40. The van der Waals surface area contributed by atoms with Crippen LogP contribution in [0, 0.1) is 10.4 Å². The van der Waals surface area contributed by atoms with Crippen LogP contribution in [0.25, 0.3) is 0 Å². The summed E-state index contributed by atoms with van der Waals surface area (Å²) in [6.45, 7) is 0. The molecule has 1 rings (SSSR count). The Labute approximate surface area is 57.4 Å². The number of benzene rings is 1. The van der Waals surface area contributed by atoms with Gasteiger partial charge in [0.05, 0.1) is 5.69 Å². The van der Waals surface area contributed by atoms with Crippen molar-refractivity contribution in [3.05, 3.63) is 29.2 Å². The summed E-state index contributed by atoms with van der Waals surface area (Å²) in [6, 6.07) is 6.15. The minimum atomic E-state index is 0.354. The van der Waals surface area contributed by atoms with E-state index >= 15 is 0 Å². The van der Waals surface area contributed by atoms with Crippen molar-refractivity contribution in [2.24, 2.45) is 10.3 Å². The molecular weight excluding hydrogens is 130 g/mol. The van der Waals surface area contributed by atoms with Gasteiger partial charge in [-0.2, -0.15) is 5.11 Å². The van der Waals surface area contributed by atoms with E-state index < -0.39 is 0 Å². The molecule has 0 amide bonds. The highest BCUT2D eigenvalue weighted by Gasteiger charge is 1.89. The zero-order valence-electron chi connectivity index (χ0n) is 5.11. The lowest BCUT2D eigenvalue weighted by Gasteiger charge is -1.88. The molecule has 4 heteroatoms. The Morgan fingerprint density at radius 1 is 1.10 bits per heavy atom. The summed E-state index contributed by atoms with van der Waals surface area (Å²) in [5.41, 5.74) is 7.46. The minimum absolute atomic E-state index is 0.354. The molecule has 0 saturated carbocycles. The molecule has 0 bridgehead atoms. The van der Waals surface area contributed by atoms with Crippen LogP contribution in [0.3, 0.4) is 0 Å². The van der Waals surface area contributed by atoms with Crippen LogP contribution in [0.2, 0.25) is 0 Å². The Kier molecular flexibility index (Phi) is 1.84. The highest BCUT2D eigenvalue weighted by atomic mass is 16.3. The maximum Gasteiger partial charge on any atom is 0.108 e. The van der Waals surface area contributed by atoms with Gasteiger partial charge in [-0.25, -0.2) is 5.53 Å². The van der Waals surface area contributed by atoms with Crippen LogP contribution in [-0.4, -0.2) is 0 Å². The molecule has 50 valence electrons. The molecule has 1 aromatic rings. The first-order chi connectivity index (χ1) is 4.86. The molecule has 0 unspecified atom stereocenters. The van der Waals surface area contributed by atoms with Gasteiger partial charge in [-0.15, -0.1) is 4.91 Å².